The molecule has 3 heterocycles. The van der Waals surface area contributed by atoms with Crippen LogP contribution in [0.1, 0.15) is 71.6 Å². The van der Waals surface area contributed by atoms with Gasteiger partial charge in [-0.2, -0.15) is 0 Å². The molecule has 0 aromatic heterocycles. The first-order valence-electron chi connectivity index (χ1n) is 18.1. The fraction of sp³-hybridized carbons (Fsp3) is 0.914. The van der Waals surface area contributed by atoms with Gasteiger partial charge in [0.1, 0.15) is 55.4 Å². The Morgan fingerprint density at radius 2 is 1.49 bits per heavy atom. The van der Waals surface area contributed by atoms with E-state index in [9.17, 15) is 45.6 Å². The van der Waals surface area contributed by atoms with E-state index in [4.69, 9.17) is 23.7 Å². The molecule has 7 aliphatic rings. The molecule has 278 valence electrons. The zero-order chi connectivity index (χ0) is 35.0. The van der Waals surface area contributed by atoms with Gasteiger partial charge in [0.25, 0.3) is 0 Å². The molecular formula is C35H54O14. The number of carbonyl (C=O) groups excluding carboxylic acids is 1. The Hall–Kier alpha value is -1.27. The van der Waals surface area contributed by atoms with Crippen LogP contribution in [0.3, 0.4) is 0 Å². The summed E-state index contributed by atoms with van der Waals surface area (Å²) in [7, 11) is 0. The Morgan fingerprint density at radius 3 is 2.18 bits per heavy atom. The zero-order valence-corrected chi connectivity index (χ0v) is 28.3. The van der Waals surface area contributed by atoms with Gasteiger partial charge in [-0.3, -0.25) is 0 Å². The molecule has 0 bridgehead atoms. The van der Waals surface area contributed by atoms with Gasteiger partial charge in [0.05, 0.1) is 24.9 Å². The normalized spacial score (nSPS) is 54.4. The third-order valence-corrected chi connectivity index (χ3v) is 14.2. The Morgan fingerprint density at radius 1 is 0.796 bits per heavy atom. The summed E-state index contributed by atoms with van der Waals surface area (Å²) in [6.07, 6.45) is -5.68. The molecule has 2 saturated heterocycles. The maximum Gasteiger partial charge on any atom is 0.331 e. The lowest BCUT2D eigenvalue weighted by Crippen LogP contribution is -2.63. The standard InChI is InChI=1S/C35H54O14/c1-33-8-5-18(47-32-30(43)28(41)26(39)23(49-32)15-46-31-29(42)27(40)25(38)22(13-36)48-31)12-17(33)3-4-21-20(33)6-9-34(2)19(7-10-35(21,34)44)16-11-24(37)45-14-16/h11,17-23,25-32,36,38-44H,3-10,12-15H2,1-2H3/t17-,18+,19-,20+,21-,22-,23-,25-,26-,27+,28+,29-,30-,31-,32-,33+,34-,35+/m1/s1. The highest BCUT2D eigenvalue weighted by atomic mass is 16.7. The van der Waals surface area contributed by atoms with Gasteiger partial charge in [-0.25, -0.2) is 4.79 Å². The van der Waals surface area contributed by atoms with Crippen molar-refractivity contribution in [2.24, 2.45) is 34.5 Å². The molecule has 18 atom stereocenters. The second kappa shape index (κ2) is 13.3. The van der Waals surface area contributed by atoms with Gasteiger partial charge in [0.15, 0.2) is 12.6 Å². The highest BCUT2D eigenvalue weighted by molar-refractivity contribution is 5.85. The van der Waals surface area contributed by atoms with E-state index in [1.54, 1.807) is 6.08 Å². The first kappa shape index (κ1) is 36.1. The summed E-state index contributed by atoms with van der Waals surface area (Å²) in [5, 5.41) is 84.5. The third kappa shape index (κ3) is 5.82. The summed E-state index contributed by atoms with van der Waals surface area (Å²) in [5.74, 6) is 0.683. The topological polar surface area (TPSA) is 225 Å². The quantitative estimate of drug-likeness (QED) is 0.121. The summed E-state index contributed by atoms with van der Waals surface area (Å²) in [5.41, 5.74) is -0.0991. The number of carbonyl (C=O) groups is 1. The molecule has 4 saturated carbocycles. The molecule has 14 heteroatoms. The number of ether oxygens (including phenoxy) is 5. The lowest BCUT2D eigenvalue weighted by Gasteiger charge is -2.64. The van der Waals surface area contributed by atoms with Gasteiger partial charge in [0, 0.05) is 11.5 Å². The first-order valence-corrected chi connectivity index (χ1v) is 18.1. The number of rotatable bonds is 7. The Bertz CT molecular complexity index is 1260. The molecule has 0 aromatic carbocycles. The van der Waals surface area contributed by atoms with Crippen molar-refractivity contribution in [3.8, 4) is 0 Å². The van der Waals surface area contributed by atoms with E-state index in [0.717, 1.165) is 56.9 Å². The van der Waals surface area contributed by atoms with E-state index in [2.05, 4.69) is 13.8 Å². The molecule has 0 amide bonds. The molecule has 49 heavy (non-hydrogen) atoms. The second-order valence-electron chi connectivity index (χ2n) is 16.4. The fourth-order valence-corrected chi connectivity index (χ4v) is 11.2. The van der Waals surface area contributed by atoms with Crippen molar-refractivity contribution in [3.63, 3.8) is 0 Å². The summed E-state index contributed by atoms with van der Waals surface area (Å²) in [6.45, 7) is 3.85. The van der Waals surface area contributed by atoms with E-state index in [0.29, 0.717) is 24.9 Å². The minimum atomic E-state index is -1.65. The van der Waals surface area contributed by atoms with Gasteiger partial charge in [-0.05, 0) is 92.4 Å². The number of cyclic esters (lactones) is 1. The van der Waals surface area contributed by atoms with Crippen LogP contribution in [0, 0.1) is 34.5 Å². The van der Waals surface area contributed by atoms with Crippen molar-refractivity contribution in [3.05, 3.63) is 11.6 Å². The van der Waals surface area contributed by atoms with Crippen molar-refractivity contribution in [2.45, 2.75) is 145 Å². The van der Waals surface area contributed by atoms with Crippen LogP contribution < -0.4 is 0 Å². The summed E-state index contributed by atoms with van der Waals surface area (Å²) in [4.78, 5) is 11.9. The minimum absolute atomic E-state index is 0.00679. The van der Waals surface area contributed by atoms with Gasteiger partial charge >= 0.3 is 5.97 Å². The number of esters is 1. The molecule has 3 aliphatic heterocycles. The van der Waals surface area contributed by atoms with Crippen LogP contribution in [0.2, 0.25) is 0 Å². The van der Waals surface area contributed by atoms with Crippen molar-refractivity contribution < 1.29 is 69.3 Å². The largest absolute Gasteiger partial charge is 0.458 e. The molecule has 8 N–H and O–H groups in total. The molecule has 6 fully saturated rings. The maximum atomic E-state index is 12.5. The van der Waals surface area contributed by atoms with Crippen molar-refractivity contribution >= 4 is 5.97 Å². The van der Waals surface area contributed by atoms with Crippen LogP contribution in [0.4, 0.5) is 0 Å². The highest BCUT2D eigenvalue weighted by Gasteiger charge is 2.68. The predicted molar refractivity (Wildman–Crippen MR) is 167 cm³/mol. The van der Waals surface area contributed by atoms with Crippen LogP contribution in [-0.4, -0.2) is 140 Å². The molecule has 0 unspecified atom stereocenters. The van der Waals surface area contributed by atoms with Crippen LogP contribution in [0.25, 0.3) is 0 Å². The Kier molecular flexibility index (Phi) is 9.80. The first-order chi connectivity index (χ1) is 23.2. The molecule has 0 aromatic rings. The summed E-state index contributed by atoms with van der Waals surface area (Å²) >= 11 is 0. The van der Waals surface area contributed by atoms with E-state index in [1.165, 1.54) is 0 Å². The molecular weight excluding hydrogens is 644 g/mol. The zero-order valence-electron chi connectivity index (χ0n) is 28.3. The van der Waals surface area contributed by atoms with Crippen LogP contribution >= 0.6 is 0 Å². The summed E-state index contributed by atoms with van der Waals surface area (Å²) < 4.78 is 28.4. The fourth-order valence-electron chi connectivity index (χ4n) is 11.2. The third-order valence-electron chi connectivity index (χ3n) is 14.2. The minimum Gasteiger partial charge on any atom is -0.458 e. The maximum absolute atomic E-state index is 12.5. The van der Waals surface area contributed by atoms with Gasteiger partial charge in [-0.15, -0.1) is 0 Å². The predicted octanol–water partition coefficient (Wildman–Crippen LogP) is -0.747. The van der Waals surface area contributed by atoms with Crippen LogP contribution in [0.15, 0.2) is 11.6 Å². The highest BCUT2D eigenvalue weighted by Crippen LogP contribution is 2.70. The summed E-state index contributed by atoms with van der Waals surface area (Å²) in [6, 6.07) is 0. The van der Waals surface area contributed by atoms with E-state index in [-0.39, 0.29) is 34.7 Å². The molecule has 14 nitrogen and oxygen atoms in total. The van der Waals surface area contributed by atoms with Crippen LogP contribution in [-0.2, 0) is 28.5 Å². The van der Waals surface area contributed by atoms with Crippen molar-refractivity contribution in [1.82, 2.24) is 0 Å². The monoisotopic (exact) mass is 698 g/mol. The molecule has 4 aliphatic carbocycles. The smallest absolute Gasteiger partial charge is 0.331 e. The van der Waals surface area contributed by atoms with Crippen LogP contribution in [0.5, 0.6) is 0 Å². The van der Waals surface area contributed by atoms with Gasteiger partial charge in [0.2, 0.25) is 0 Å². The van der Waals surface area contributed by atoms with E-state index in [1.807, 2.05) is 0 Å². The number of fused-ring (bicyclic) bond motifs is 5. The number of hydrogen-bond donors (Lipinski definition) is 8. The lowest BCUT2D eigenvalue weighted by atomic mass is 9.43. The van der Waals surface area contributed by atoms with Crippen molar-refractivity contribution in [2.75, 3.05) is 19.8 Å². The van der Waals surface area contributed by atoms with Crippen molar-refractivity contribution in [1.29, 1.82) is 0 Å². The Balaban J connectivity index is 0.982. The average Bonchev–Trinajstić information content (AvgIpc) is 3.63. The van der Waals surface area contributed by atoms with Gasteiger partial charge < -0.3 is 64.5 Å². The molecule has 0 radical (unpaired) electrons. The molecule has 7 rings (SSSR count). The lowest BCUT2D eigenvalue weighted by molar-refractivity contribution is -0.338. The number of aliphatic hydroxyl groups is 8. The van der Waals surface area contributed by atoms with E-state index < -0.39 is 80.2 Å². The number of hydrogen-bond acceptors (Lipinski definition) is 14. The van der Waals surface area contributed by atoms with Gasteiger partial charge in [-0.1, -0.05) is 13.8 Å². The number of aliphatic hydroxyl groups excluding tert-OH is 7. The average molecular weight is 699 g/mol. The Labute approximate surface area is 285 Å². The second-order valence-corrected chi connectivity index (χ2v) is 16.4. The van der Waals surface area contributed by atoms with E-state index >= 15 is 0 Å². The molecule has 0 spiro atoms. The SMILES string of the molecule is C[C@]12CC[C@H](O[C@@H]3O[C@H](CO[C@@H]4O[C@H](CO)[C@@H](O)[C@H](O)[C@H]4O)[C@@H](O)[C@H](O)[C@H]3O)C[C@H]1CC[C@@H]1[C@@H]2CC[C@]2(C)[C@@H](C3=CC(=O)OC3)CC[C@]12O.